The summed E-state index contributed by atoms with van der Waals surface area (Å²) in [5, 5.41) is 3.79. The van der Waals surface area contributed by atoms with Crippen LogP contribution in [0, 0.1) is 34.6 Å². The van der Waals surface area contributed by atoms with Crippen LogP contribution in [0.5, 0.6) is 5.75 Å². The zero-order valence-corrected chi connectivity index (χ0v) is 16.4. The van der Waals surface area contributed by atoms with Crippen LogP contribution in [0.1, 0.15) is 40.7 Å². The molecule has 0 bridgehead atoms. The van der Waals surface area contributed by atoms with E-state index in [9.17, 15) is 4.79 Å². The highest BCUT2D eigenvalue weighted by Crippen LogP contribution is 2.26. The van der Waals surface area contributed by atoms with Gasteiger partial charge in [0, 0.05) is 17.1 Å². The summed E-state index contributed by atoms with van der Waals surface area (Å²) in [7, 11) is 0. The smallest absolute Gasteiger partial charge is 0.224 e. The monoisotopic (exact) mass is 359 g/mol. The molecule has 1 amide bonds. The fourth-order valence-corrected chi connectivity index (χ4v) is 3.10. The number of aryl methyl sites for hydroxylation is 5. The Morgan fingerprint density at radius 2 is 1.52 bits per heavy atom. The zero-order valence-electron chi connectivity index (χ0n) is 15.6. The van der Waals surface area contributed by atoms with E-state index in [-0.39, 0.29) is 5.91 Å². The first-order valence-corrected chi connectivity index (χ1v) is 8.93. The van der Waals surface area contributed by atoms with Gasteiger partial charge in [0.05, 0.1) is 6.61 Å². The summed E-state index contributed by atoms with van der Waals surface area (Å²) < 4.78 is 5.75. The molecule has 0 aromatic heterocycles. The van der Waals surface area contributed by atoms with Gasteiger partial charge in [0.2, 0.25) is 5.91 Å². The van der Waals surface area contributed by atoms with Gasteiger partial charge in [-0.25, -0.2) is 0 Å². The number of halogens is 1. The van der Waals surface area contributed by atoms with Crippen LogP contribution in [0.15, 0.2) is 24.3 Å². The SMILES string of the molecule is Cc1cc(C)c(NC(=O)CCCOc2cc(C)c(Cl)c(C)c2)c(C)c1. The molecule has 2 rings (SSSR count). The molecule has 0 heterocycles. The summed E-state index contributed by atoms with van der Waals surface area (Å²) in [4.78, 5) is 12.2. The molecular formula is C21H26ClNO2. The zero-order chi connectivity index (χ0) is 18.6. The van der Waals surface area contributed by atoms with Gasteiger partial charge in [-0.05, 0) is 75.4 Å². The third kappa shape index (κ3) is 5.23. The molecule has 1 N–H and O–H groups in total. The standard InChI is InChI=1S/C21H26ClNO2/c1-13-9-16(4)21(17(5)10-13)23-19(24)7-6-8-25-18-11-14(2)20(22)15(3)12-18/h9-12H,6-8H2,1-5H3,(H,23,24). The average Bonchev–Trinajstić information content (AvgIpc) is 2.52. The van der Waals surface area contributed by atoms with E-state index in [2.05, 4.69) is 24.4 Å². The summed E-state index contributed by atoms with van der Waals surface area (Å²) in [5.74, 6) is 0.812. The molecule has 0 atom stereocenters. The van der Waals surface area contributed by atoms with E-state index in [4.69, 9.17) is 16.3 Å². The lowest BCUT2D eigenvalue weighted by atomic mass is 10.0. The van der Waals surface area contributed by atoms with E-state index in [0.717, 1.165) is 38.7 Å². The van der Waals surface area contributed by atoms with Crippen molar-refractivity contribution in [2.24, 2.45) is 0 Å². The number of nitrogens with one attached hydrogen (secondary N) is 1. The Morgan fingerprint density at radius 1 is 0.960 bits per heavy atom. The van der Waals surface area contributed by atoms with Crippen LogP contribution in [0.2, 0.25) is 5.02 Å². The van der Waals surface area contributed by atoms with Crippen LogP contribution in [0.3, 0.4) is 0 Å². The minimum absolute atomic E-state index is 0.0159. The molecule has 0 unspecified atom stereocenters. The van der Waals surface area contributed by atoms with E-state index < -0.39 is 0 Å². The predicted octanol–water partition coefficient (Wildman–Crippen LogP) is 5.68. The predicted molar refractivity (Wildman–Crippen MR) is 105 cm³/mol. The first kappa shape index (κ1) is 19.3. The van der Waals surface area contributed by atoms with Gasteiger partial charge in [0.25, 0.3) is 0 Å². The van der Waals surface area contributed by atoms with Crippen molar-refractivity contribution >= 4 is 23.2 Å². The number of ether oxygens (including phenoxy) is 1. The summed E-state index contributed by atoms with van der Waals surface area (Å²) in [6.07, 6.45) is 1.09. The van der Waals surface area contributed by atoms with E-state index in [0.29, 0.717) is 19.4 Å². The summed E-state index contributed by atoms with van der Waals surface area (Å²) in [5.41, 5.74) is 6.30. The van der Waals surface area contributed by atoms with Crippen LogP contribution in [0.4, 0.5) is 5.69 Å². The molecule has 0 saturated carbocycles. The minimum atomic E-state index is 0.0159. The highest BCUT2D eigenvalue weighted by atomic mass is 35.5. The first-order valence-electron chi connectivity index (χ1n) is 8.55. The quantitative estimate of drug-likeness (QED) is 0.674. The second-order valence-corrected chi connectivity index (χ2v) is 7.02. The fourth-order valence-electron chi connectivity index (χ4n) is 2.99. The van der Waals surface area contributed by atoms with Crippen molar-refractivity contribution in [3.63, 3.8) is 0 Å². The maximum Gasteiger partial charge on any atom is 0.224 e. The molecule has 0 fully saturated rings. The Balaban J connectivity index is 1.83. The Morgan fingerprint density at radius 3 is 2.08 bits per heavy atom. The lowest BCUT2D eigenvalue weighted by molar-refractivity contribution is -0.116. The van der Waals surface area contributed by atoms with Gasteiger partial charge in [-0.15, -0.1) is 0 Å². The van der Waals surface area contributed by atoms with Gasteiger partial charge in [0.15, 0.2) is 0 Å². The molecule has 0 saturated heterocycles. The fraction of sp³-hybridized carbons (Fsp3) is 0.381. The number of anilines is 1. The Kier molecular flexibility index (Phi) is 6.49. The number of hydrogen-bond donors (Lipinski definition) is 1. The van der Waals surface area contributed by atoms with Crippen LogP contribution in [0.25, 0.3) is 0 Å². The average molecular weight is 360 g/mol. The van der Waals surface area contributed by atoms with Crippen LogP contribution >= 0.6 is 11.6 Å². The van der Waals surface area contributed by atoms with E-state index >= 15 is 0 Å². The van der Waals surface area contributed by atoms with Gasteiger partial charge in [-0.1, -0.05) is 29.3 Å². The van der Waals surface area contributed by atoms with Crippen LogP contribution in [-0.2, 0) is 4.79 Å². The van der Waals surface area contributed by atoms with E-state index in [1.807, 2.05) is 39.8 Å². The van der Waals surface area contributed by atoms with Crippen LogP contribution < -0.4 is 10.1 Å². The van der Waals surface area contributed by atoms with Crippen molar-refractivity contribution in [3.05, 3.63) is 57.1 Å². The molecule has 134 valence electrons. The summed E-state index contributed by atoms with van der Waals surface area (Å²) in [6.45, 7) is 10.5. The molecule has 25 heavy (non-hydrogen) atoms. The Bertz CT molecular complexity index is 737. The van der Waals surface area contributed by atoms with Crippen molar-refractivity contribution in [2.45, 2.75) is 47.5 Å². The molecule has 0 spiro atoms. The number of benzene rings is 2. The molecule has 0 aliphatic heterocycles. The summed E-state index contributed by atoms with van der Waals surface area (Å²) >= 11 is 6.16. The molecule has 4 heteroatoms. The highest BCUT2D eigenvalue weighted by molar-refractivity contribution is 6.32. The normalized spacial score (nSPS) is 10.6. The van der Waals surface area contributed by atoms with Crippen molar-refractivity contribution in [1.82, 2.24) is 0 Å². The third-order valence-electron chi connectivity index (χ3n) is 4.17. The number of carbonyl (C=O) groups is 1. The molecule has 2 aromatic rings. The summed E-state index contributed by atoms with van der Waals surface area (Å²) in [6, 6.07) is 8.01. The van der Waals surface area contributed by atoms with Crippen LogP contribution in [-0.4, -0.2) is 12.5 Å². The number of hydrogen-bond acceptors (Lipinski definition) is 2. The number of carbonyl (C=O) groups excluding carboxylic acids is 1. The van der Waals surface area contributed by atoms with Gasteiger partial charge in [-0.3, -0.25) is 4.79 Å². The van der Waals surface area contributed by atoms with Crippen molar-refractivity contribution < 1.29 is 9.53 Å². The van der Waals surface area contributed by atoms with Gasteiger partial charge >= 0.3 is 0 Å². The molecule has 3 nitrogen and oxygen atoms in total. The topological polar surface area (TPSA) is 38.3 Å². The van der Waals surface area contributed by atoms with E-state index in [1.165, 1.54) is 5.56 Å². The van der Waals surface area contributed by atoms with Gasteiger partial charge in [0.1, 0.15) is 5.75 Å². The Hall–Kier alpha value is -2.00. The number of amides is 1. The second-order valence-electron chi connectivity index (χ2n) is 6.64. The largest absolute Gasteiger partial charge is 0.494 e. The molecular weight excluding hydrogens is 334 g/mol. The molecule has 0 radical (unpaired) electrons. The lowest BCUT2D eigenvalue weighted by Crippen LogP contribution is -2.14. The van der Waals surface area contributed by atoms with Crippen molar-refractivity contribution in [1.29, 1.82) is 0 Å². The minimum Gasteiger partial charge on any atom is -0.494 e. The third-order valence-corrected chi connectivity index (χ3v) is 4.76. The molecule has 2 aromatic carbocycles. The number of rotatable bonds is 6. The van der Waals surface area contributed by atoms with Crippen molar-refractivity contribution in [2.75, 3.05) is 11.9 Å². The highest BCUT2D eigenvalue weighted by Gasteiger charge is 2.09. The first-order chi connectivity index (χ1) is 11.8. The molecule has 0 aliphatic carbocycles. The maximum atomic E-state index is 12.2. The van der Waals surface area contributed by atoms with E-state index in [1.54, 1.807) is 0 Å². The Labute approximate surface area is 155 Å². The second kappa shape index (κ2) is 8.39. The van der Waals surface area contributed by atoms with Crippen molar-refractivity contribution in [3.8, 4) is 5.75 Å². The van der Waals surface area contributed by atoms with Gasteiger partial charge < -0.3 is 10.1 Å². The van der Waals surface area contributed by atoms with Gasteiger partial charge in [-0.2, -0.15) is 0 Å². The maximum absolute atomic E-state index is 12.2. The lowest BCUT2D eigenvalue weighted by Gasteiger charge is -2.13. The molecule has 0 aliphatic rings.